The van der Waals surface area contributed by atoms with Gasteiger partial charge in [0.25, 0.3) is 0 Å². The van der Waals surface area contributed by atoms with Crippen molar-refractivity contribution in [2.75, 3.05) is 14.2 Å². The molecular weight excluding hydrogens is 293 g/mol. The number of carboxylic acids is 1. The zero-order chi connectivity index (χ0) is 14.6. The quantitative estimate of drug-likeness (QED) is 0.614. The molecule has 7 heteroatoms. The second kappa shape index (κ2) is 8.10. The summed E-state index contributed by atoms with van der Waals surface area (Å²) >= 11 is 6.19. The van der Waals surface area contributed by atoms with Gasteiger partial charge in [0, 0.05) is 6.54 Å². The fraction of sp³-hybridized carbons (Fsp3) is 0.462. The molecule has 0 saturated heterocycles. The number of carbonyl (C=O) groups excluding carboxylic acids is 1. The van der Waals surface area contributed by atoms with Gasteiger partial charge in [-0.1, -0.05) is 17.7 Å². The molecule has 0 aliphatic heterocycles. The van der Waals surface area contributed by atoms with Crippen LogP contribution in [0.4, 0.5) is 0 Å². The maximum absolute atomic E-state index is 10.9. The first kappa shape index (κ1) is 19.5. The van der Waals surface area contributed by atoms with Gasteiger partial charge in [-0.3, -0.25) is 0 Å². The van der Waals surface area contributed by atoms with Crippen molar-refractivity contribution in [3.8, 4) is 11.5 Å². The van der Waals surface area contributed by atoms with Crippen LogP contribution in [0.3, 0.4) is 0 Å². The van der Waals surface area contributed by atoms with E-state index in [1.54, 1.807) is 12.1 Å². The number of nitrogens with one attached hydrogen (secondary N) is 1. The number of hydrogen-bond acceptors (Lipinski definition) is 5. The number of carbonyl (C=O) groups is 1. The summed E-state index contributed by atoms with van der Waals surface area (Å²) in [5.74, 6) is -0.228. The summed E-state index contributed by atoms with van der Waals surface area (Å²) in [4.78, 5) is 10.9. The zero-order valence-electron chi connectivity index (χ0n) is 12.4. The Labute approximate surface area is 145 Å². The topological polar surface area (TPSA) is 70.6 Å². The molecule has 0 bridgehead atoms. The van der Waals surface area contributed by atoms with Gasteiger partial charge in [-0.2, -0.15) is 0 Å². The van der Waals surface area contributed by atoms with E-state index in [9.17, 15) is 9.90 Å². The Morgan fingerprint density at radius 3 is 2.40 bits per heavy atom. The van der Waals surface area contributed by atoms with E-state index in [-0.39, 0.29) is 36.1 Å². The molecular formula is C13H17ClNNaO4. The van der Waals surface area contributed by atoms with E-state index in [0.29, 0.717) is 22.1 Å². The molecule has 1 rings (SSSR count). The van der Waals surface area contributed by atoms with Crippen LogP contribution in [0.2, 0.25) is 5.02 Å². The molecule has 0 heterocycles. The van der Waals surface area contributed by atoms with Gasteiger partial charge in [-0.05, 0) is 25.5 Å². The predicted octanol–water partition coefficient (Wildman–Crippen LogP) is -2.02. The molecule has 1 aromatic rings. The Morgan fingerprint density at radius 1 is 1.35 bits per heavy atom. The molecule has 0 aliphatic carbocycles. The minimum Gasteiger partial charge on any atom is -0.548 e. The second-order valence-corrected chi connectivity index (χ2v) is 4.92. The van der Waals surface area contributed by atoms with Gasteiger partial charge < -0.3 is 24.7 Å². The number of aliphatic carboxylic acids is 1. The Bertz CT molecular complexity index is 480. The molecule has 0 radical (unpaired) electrons. The monoisotopic (exact) mass is 309 g/mol. The Balaban J connectivity index is 0.00000361. The van der Waals surface area contributed by atoms with Gasteiger partial charge in [0.05, 0.1) is 30.8 Å². The number of methoxy groups -OCH3 is 2. The van der Waals surface area contributed by atoms with Crippen molar-refractivity contribution < 1.29 is 48.9 Å². The van der Waals surface area contributed by atoms with Crippen molar-refractivity contribution in [1.82, 2.24) is 5.32 Å². The van der Waals surface area contributed by atoms with Gasteiger partial charge in [0.2, 0.25) is 0 Å². The standard InChI is InChI=1S/C13H18ClNO4.Na/c1-13(2,12(16)17)15-7-8-5-6-9(18-3)11(19-4)10(8)14;/h5-6,15H,7H2,1-4H3,(H,16,17);/q;+1/p-1. The molecule has 0 spiro atoms. The van der Waals surface area contributed by atoms with E-state index < -0.39 is 11.5 Å². The first-order valence-electron chi connectivity index (χ1n) is 5.69. The average Bonchev–Trinajstić information content (AvgIpc) is 2.36. The maximum Gasteiger partial charge on any atom is 1.00 e. The van der Waals surface area contributed by atoms with Crippen molar-refractivity contribution in [2.45, 2.75) is 25.9 Å². The molecule has 20 heavy (non-hydrogen) atoms. The van der Waals surface area contributed by atoms with Crippen molar-refractivity contribution in [3.05, 3.63) is 22.7 Å². The summed E-state index contributed by atoms with van der Waals surface area (Å²) in [6, 6.07) is 3.47. The smallest absolute Gasteiger partial charge is 0.548 e. The largest absolute Gasteiger partial charge is 1.00 e. The molecule has 0 aromatic heterocycles. The van der Waals surface area contributed by atoms with Gasteiger partial charge in [0.1, 0.15) is 0 Å². The molecule has 0 amide bonds. The third kappa shape index (κ3) is 4.53. The van der Waals surface area contributed by atoms with E-state index in [1.165, 1.54) is 28.1 Å². The van der Waals surface area contributed by atoms with Crippen LogP contribution in [-0.4, -0.2) is 25.7 Å². The van der Waals surface area contributed by atoms with E-state index in [2.05, 4.69) is 5.32 Å². The van der Waals surface area contributed by atoms with Gasteiger partial charge in [0.15, 0.2) is 11.5 Å². The molecule has 0 atom stereocenters. The second-order valence-electron chi connectivity index (χ2n) is 4.54. The summed E-state index contributed by atoms with van der Waals surface area (Å²) in [7, 11) is 3.01. The van der Waals surface area contributed by atoms with Gasteiger partial charge in [-0.15, -0.1) is 0 Å². The molecule has 0 saturated carbocycles. The summed E-state index contributed by atoms with van der Waals surface area (Å²) < 4.78 is 10.3. The zero-order valence-corrected chi connectivity index (χ0v) is 15.1. The normalized spacial score (nSPS) is 10.7. The van der Waals surface area contributed by atoms with Crippen LogP contribution >= 0.6 is 11.6 Å². The maximum atomic E-state index is 10.9. The van der Waals surface area contributed by atoms with Crippen molar-refractivity contribution in [2.24, 2.45) is 0 Å². The molecule has 0 unspecified atom stereocenters. The molecule has 1 aromatic carbocycles. The van der Waals surface area contributed by atoms with E-state index in [1.807, 2.05) is 0 Å². The summed E-state index contributed by atoms with van der Waals surface area (Å²) in [5.41, 5.74) is -0.426. The molecule has 1 N–H and O–H groups in total. The van der Waals surface area contributed by atoms with E-state index in [4.69, 9.17) is 21.1 Å². The number of carboxylic acid groups (broad SMARTS) is 1. The van der Waals surface area contributed by atoms with Crippen LogP contribution in [0.15, 0.2) is 12.1 Å². The Kier molecular flexibility index (Phi) is 7.91. The number of ether oxygens (including phenoxy) is 2. The number of hydrogen-bond donors (Lipinski definition) is 1. The Morgan fingerprint density at radius 2 is 1.95 bits per heavy atom. The average molecular weight is 310 g/mol. The van der Waals surface area contributed by atoms with Crippen LogP contribution in [0.5, 0.6) is 11.5 Å². The van der Waals surface area contributed by atoms with Crippen LogP contribution in [0.1, 0.15) is 19.4 Å². The minimum atomic E-state index is -1.18. The summed E-state index contributed by atoms with van der Waals surface area (Å²) in [6.07, 6.45) is 0. The van der Waals surface area contributed by atoms with Crippen molar-refractivity contribution in [1.29, 1.82) is 0 Å². The van der Waals surface area contributed by atoms with E-state index >= 15 is 0 Å². The molecule has 0 aliphatic rings. The predicted molar refractivity (Wildman–Crippen MR) is 70.5 cm³/mol. The van der Waals surface area contributed by atoms with E-state index in [0.717, 1.165) is 0 Å². The molecule has 106 valence electrons. The third-order valence-corrected chi connectivity index (χ3v) is 3.21. The van der Waals surface area contributed by atoms with Crippen LogP contribution in [0.25, 0.3) is 0 Å². The summed E-state index contributed by atoms with van der Waals surface area (Å²) in [6.45, 7) is 3.33. The van der Waals surface area contributed by atoms with Crippen LogP contribution in [-0.2, 0) is 11.3 Å². The van der Waals surface area contributed by atoms with Gasteiger partial charge in [-0.25, -0.2) is 0 Å². The SMILES string of the molecule is COc1ccc(CNC(C)(C)C(=O)[O-])c(Cl)c1OC.[Na+]. The van der Waals surface area contributed by atoms with Crippen molar-refractivity contribution >= 4 is 17.6 Å². The minimum absolute atomic E-state index is 0. The van der Waals surface area contributed by atoms with Crippen molar-refractivity contribution in [3.63, 3.8) is 0 Å². The fourth-order valence-corrected chi connectivity index (χ4v) is 1.76. The third-order valence-electron chi connectivity index (χ3n) is 2.80. The molecule has 0 fully saturated rings. The number of halogens is 1. The van der Waals surface area contributed by atoms with Crippen LogP contribution < -0.4 is 49.5 Å². The van der Waals surface area contributed by atoms with Gasteiger partial charge >= 0.3 is 29.6 Å². The first-order valence-corrected chi connectivity index (χ1v) is 6.07. The Hall–Kier alpha value is -0.460. The summed E-state index contributed by atoms with van der Waals surface area (Å²) in [5, 5.41) is 14.2. The molecule has 5 nitrogen and oxygen atoms in total. The number of rotatable bonds is 6. The number of benzene rings is 1. The first-order chi connectivity index (χ1) is 8.83. The fourth-order valence-electron chi connectivity index (χ4n) is 1.45. The van der Waals surface area contributed by atoms with Crippen LogP contribution in [0, 0.1) is 0 Å².